The monoisotopic (exact) mass is 229 g/mol. The lowest BCUT2D eigenvalue weighted by atomic mass is 9.87. The molecule has 0 heterocycles. The Hall–Kier alpha value is -1.08. The molecule has 17 heavy (non-hydrogen) atoms. The van der Waals surface area contributed by atoms with E-state index in [0.29, 0.717) is 6.04 Å². The third-order valence-corrected chi connectivity index (χ3v) is 3.73. The van der Waals surface area contributed by atoms with Crippen LogP contribution in [0.5, 0.6) is 0 Å². The first kappa shape index (κ1) is 12.4. The van der Waals surface area contributed by atoms with E-state index in [1.165, 1.54) is 42.4 Å². The van der Waals surface area contributed by atoms with Crippen LogP contribution in [0.25, 0.3) is 0 Å². The topological polar surface area (TPSA) is 12.0 Å². The molecule has 0 amide bonds. The second kappa shape index (κ2) is 5.50. The minimum absolute atomic E-state index is 0.412. The first-order valence-corrected chi connectivity index (χ1v) is 6.65. The molecule has 0 spiro atoms. The average Bonchev–Trinajstić information content (AvgIpc) is 2.36. The van der Waals surface area contributed by atoms with Gasteiger partial charge in [-0.2, -0.15) is 0 Å². The molecule has 1 aliphatic carbocycles. The van der Waals surface area contributed by atoms with E-state index < -0.39 is 0 Å². The van der Waals surface area contributed by atoms with Gasteiger partial charge in [-0.3, -0.25) is 0 Å². The van der Waals surface area contributed by atoms with Gasteiger partial charge in [0.25, 0.3) is 0 Å². The zero-order chi connectivity index (χ0) is 12.3. The summed E-state index contributed by atoms with van der Waals surface area (Å²) < 4.78 is 0. The average molecular weight is 229 g/mol. The largest absolute Gasteiger partial charge is 0.310 e. The smallest absolute Gasteiger partial charge is 0.0536 e. The van der Waals surface area contributed by atoms with E-state index in [1.54, 1.807) is 5.57 Å². The highest BCUT2D eigenvalue weighted by Gasteiger charge is 2.18. The van der Waals surface area contributed by atoms with Crippen molar-refractivity contribution in [1.82, 2.24) is 5.32 Å². The van der Waals surface area contributed by atoms with Crippen LogP contribution in [0.4, 0.5) is 0 Å². The Balaban J connectivity index is 2.34. The molecule has 1 atom stereocenters. The van der Waals surface area contributed by atoms with Crippen LogP contribution in [-0.2, 0) is 0 Å². The number of hydrogen-bond donors (Lipinski definition) is 1. The summed E-state index contributed by atoms with van der Waals surface area (Å²) in [5.41, 5.74) is 5.76. The number of benzene rings is 1. The Morgan fingerprint density at radius 2 is 2.00 bits per heavy atom. The standard InChI is InChI=1S/C16H23N/c1-12-9-10-13(2)15(11-12)16(17-3)14-7-5-4-6-8-14/h7,9-11,16-17H,4-6,8H2,1-3H3. The summed E-state index contributed by atoms with van der Waals surface area (Å²) in [4.78, 5) is 0. The van der Waals surface area contributed by atoms with Crippen LogP contribution in [0.2, 0.25) is 0 Å². The SMILES string of the molecule is CNC(C1=CCCCC1)c1cc(C)ccc1C. The molecule has 0 aliphatic heterocycles. The molecule has 1 aromatic carbocycles. The Morgan fingerprint density at radius 1 is 1.18 bits per heavy atom. The molecule has 1 aliphatic rings. The van der Waals surface area contributed by atoms with Crippen LogP contribution < -0.4 is 5.32 Å². The minimum Gasteiger partial charge on any atom is -0.310 e. The Kier molecular flexibility index (Phi) is 4.01. The number of likely N-dealkylation sites (N-methyl/N-ethyl adjacent to an activating group) is 1. The number of aryl methyl sites for hydroxylation is 2. The van der Waals surface area contributed by atoms with Gasteiger partial charge in [-0.15, -0.1) is 0 Å². The van der Waals surface area contributed by atoms with Gasteiger partial charge < -0.3 is 5.32 Å². The van der Waals surface area contributed by atoms with Crippen molar-refractivity contribution in [3.8, 4) is 0 Å². The maximum atomic E-state index is 3.49. The molecular weight excluding hydrogens is 206 g/mol. The minimum atomic E-state index is 0.412. The van der Waals surface area contributed by atoms with Crippen molar-refractivity contribution < 1.29 is 0 Å². The normalized spacial score (nSPS) is 17.7. The van der Waals surface area contributed by atoms with Crippen molar-refractivity contribution in [3.63, 3.8) is 0 Å². The third-order valence-electron chi connectivity index (χ3n) is 3.73. The number of allylic oxidation sites excluding steroid dienone is 1. The second-order valence-corrected chi connectivity index (χ2v) is 5.11. The molecule has 1 nitrogen and oxygen atoms in total. The van der Waals surface area contributed by atoms with Gasteiger partial charge in [0.05, 0.1) is 6.04 Å². The van der Waals surface area contributed by atoms with Crippen molar-refractivity contribution in [2.75, 3.05) is 7.05 Å². The molecular formula is C16H23N. The fraction of sp³-hybridized carbons (Fsp3) is 0.500. The second-order valence-electron chi connectivity index (χ2n) is 5.11. The van der Waals surface area contributed by atoms with Crippen LogP contribution >= 0.6 is 0 Å². The Bertz CT molecular complexity index is 418. The summed E-state index contributed by atoms with van der Waals surface area (Å²) in [7, 11) is 2.07. The molecule has 0 fully saturated rings. The fourth-order valence-corrected chi connectivity index (χ4v) is 2.74. The summed E-state index contributed by atoms with van der Waals surface area (Å²) in [5, 5.41) is 3.49. The Morgan fingerprint density at radius 3 is 2.65 bits per heavy atom. The van der Waals surface area contributed by atoms with Gasteiger partial charge in [-0.1, -0.05) is 35.4 Å². The van der Waals surface area contributed by atoms with E-state index in [4.69, 9.17) is 0 Å². The van der Waals surface area contributed by atoms with E-state index in [2.05, 4.69) is 50.5 Å². The molecule has 1 heteroatoms. The molecule has 1 N–H and O–H groups in total. The molecule has 0 radical (unpaired) electrons. The van der Waals surface area contributed by atoms with E-state index >= 15 is 0 Å². The van der Waals surface area contributed by atoms with Gasteiger partial charge >= 0.3 is 0 Å². The van der Waals surface area contributed by atoms with Crippen molar-refractivity contribution in [1.29, 1.82) is 0 Å². The maximum absolute atomic E-state index is 3.49. The van der Waals surface area contributed by atoms with Crippen LogP contribution in [0.1, 0.15) is 48.4 Å². The van der Waals surface area contributed by atoms with Crippen molar-refractivity contribution in [3.05, 3.63) is 46.5 Å². The summed E-state index contributed by atoms with van der Waals surface area (Å²) in [6.07, 6.45) is 7.63. The van der Waals surface area contributed by atoms with Gasteiger partial charge in [0.15, 0.2) is 0 Å². The van der Waals surface area contributed by atoms with Crippen LogP contribution in [0.3, 0.4) is 0 Å². The van der Waals surface area contributed by atoms with Crippen molar-refractivity contribution in [2.24, 2.45) is 0 Å². The molecule has 0 aromatic heterocycles. The first-order chi connectivity index (χ1) is 8.22. The van der Waals surface area contributed by atoms with Gasteiger partial charge in [0.2, 0.25) is 0 Å². The lowest BCUT2D eigenvalue weighted by Crippen LogP contribution is -2.20. The molecule has 0 bridgehead atoms. The van der Waals surface area contributed by atoms with Crippen molar-refractivity contribution >= 4 is 0 Å². The Labute approximate surface area is 105 Å². The number of hydrogen-bond acceptors (Lipinski definition) is 1. The summed E-state index contributed by atoms with van der Waals surface area (Å²) >= 11 is 0. The fourth-order valence-electron chi connectivity index (χ4n) is 2.74. The zero-order valence-corrected chi connectivity index (χ0v) is 11.2. The predicted octanol–water partition coefficient (Wildman–Crippen LogP) is 4.06. The molecule has 1 unspecified atom stereocenters. The van der Waals surface area contributed by atoms with E-state index in [1.807, 2.05) is 0 Å². The first-order valence-electron chi connectivity index (χ1n) is 6.65. The van der Waals surface area contributed by atoms with E-state index in [0.717, 1.165) is 0 Å². The predicted molar refractivity (Wildman–Crippen MR) is 74.3 cm³/mol. The van der Waals surface area contributed by atoms with Crippen LogP contribution in [-0.4, -0.2) is 7.05 Å². The number of nitrogens with one attached hydrogen (secondary N) is 1. The molecule has 0 saturated heterocycles. The summed E-state index contributed by atoms with van der Waals surface area (Å²) in [6.45, 7) is 4.38. The van der Waals surface area contributed by atoms with Crippen molar-refractivity contribution in [2.45, 2.75) is 45.6 Å². The maximum Gasteiger partial charge on any atom is 0.0536 e. The molecule has 2 rings (SSSR count). The van der Waals surface area contributed by atoms with Gasteiger partial charge in [0, 0.05) is 0 Å². The lowest BCUT2D eigenvalue weighted by Gasteiger charge is -2.25. The molecule has 1 aromatic rings. The van der Waals surface area contributed by atoms with E-state index in [-0.39, 0.29) is 0 Å². The van der Waals surface area contributed by atoms with Crippen LogP contribution in [0, 0.1) is 13.8 Å². The highest BCUT2D eigenvalue weighted by Crippen LogP contribution is 2.31. The van der Waals surface area contributed by atoms with Crippen LogP contribution in [0.15, 0.2) is 29.8 Å². The van der Waals surface area contributed by atoms with Gasteiger partial charge in [-0.25, -0.2) is 0 Å². The highest BCUT2D eigenvalue weighted by atomic mass is 14.9. The summed E-state index contributed by atoms with van der Waals surface area (Å²) in [6, 6.07) is 7.17. The highest BCUT2D eigenvalue weighted by molar-refractivity contribution is 5.37. The third kappa shape index (κ3) is 2.78. The molecule has 0 saturated carbocycles. The zero-order valence-electron chi connectivity index (χ0n) is 11.2. The van der Waals surface area contributed by atoms with Gasteiger partial charge in [-0.05, 0) is 57.7 Å². The van der Waals surface area contributed by atoms with E-state index in [9.17, 15) is 0 Å². The summed E-state index contributed by atoms with van der Waals surface area (Å²) in [5.74, 6) is 0. The lowest BCUT2D eigenvalue weighted by molar-refractivity contribution is 0.591. The van der Waals surface area contributed by atoms with Gasteiger partial charge in [0.1, 0.15) is 0 Å². The quantitative estimate of drug-likeness (QED) is 0.771. The number of rotatable bonds is 3. The molecule has 92 valence electrons.